The SMILES string of the molecule is CC(/C=[CH]/[Ge]([CH3])([CH3])[CH3])C(=O)c1ccccc1. The van der Waals surface area contributed by atoms with Crippen molar-refractivity contribution in [3.63, 3.8) is 0 Å². The molecule has 0 heterocycles. The molecule has 1 aromatic rings. The summed E-state index contributed by atoms with van der Waals surface area (Å²) in [7, 11) is 0. The molecule has 0 N–H and O–H groups in total. The van der Waals surface area contributed by atoms with Gasteiger partial charge in [-0.05, 0) is 0 Å². The van der Waals surface area contributed by atoms with Gasteiger partial charge in [-0.15, -0.1) is 0 Å². The van der Waals surface area contributed by atoms with E-state index in [4.69, 9.17) is 0 Å². The van der Waals surface area contributed by atoms with Gasteiger partial charge < -0.3 is 0 Å². The topological polar surface area (TPSA) is 17.1 Å². The molecule has 1 nitrogen and oxygen atoms in total. The van der Waals surface area contributed by atoms with Crippen molar-refractivity contribution in [2.45, 2.75) is 24.2 Å². The number of Topliss-reactive ketones (excluding diaryl/α,β-unsaturated/α-hetero) is 1. The van der Waals surface area contributed by atoms with Crippen LogP contribution in [0.5, 0.6) is 0 Å². The van der Waals surface area contributed by atoms with Crippen LogP contribution < -0.4 is 0 Å². The molecule has 0 aliphatic rings. The molecule has 0 bridgehead atoms. The molecule has 0 amide bonds. The Kier molecular flexibility index (Phi) is 4.54. The van der Waals surface area contributed by atoms with Crippen molar-refractivity contribution in [3.05, 3.63) is 46.9 Å². The number of allylic oxidation sites excluding steroid dienone is 1. The van der Waals surface area contributed by atoms with Gasteiger partial charge in [0, 0.05) is 0 Å². The molecule has 0 spiro atoms. The van der Waals surface area contributed by atoms with Crippen LogP contribution in [0.15, 0.2) is 41.3 Å². The van der Waals surface area contributed by atoms with E-state index in [-0.39, 0.29) is 11.7 Å². The number of carbonyl (C=O) groups excluding carboxylic acids is 1. The fraction of sp³-hybridized carbons (Fsp3) is 0.357. The van der Waals surface area contributed by atoms with E-state index in [0.29, 0.717) is 0 Å². The molecule has 1 aromatic carbocycles. The Morgan fingerprint density at radius 1 is 1.19 bits per heavy atom. The number of ketones is 1. The fourth-order valence-electron chi connectivity index (χ4n) is 1.39. The summed E-state index contributed by atoms with van der Waals surface area (Å²) < 4.78 is 0. The van der Waals surface area contributed by atoms with Crippen LogP contribution >= 0.6 is 0 Å². The van der Waals surface area contributed by atoms with Gasteiger partial charge in [-0.2, -0.15) is 0 Å². The van der Waals surface area contributed by atoms with Crippen LogP contribution in [0, 0.1) is 5.92 Å². The Morgan fingerprint density at radius 2 is 1.75 bits per heavy atom. The molecule has 0 aliphatic carbocycles. The van der Waals surface area contributed by atoms with E-state index in [9.17, 15) is 4.79 Å². The molecule has 1 rings (SSSR count). The van der Waals surface area contributed by atoms with Crippen LogP contribution in [0.2, 0.25) is 17.3 Å². The van der Waals surface area contributed by atoms with Gasteiger partial charge >= 0.3 is 101 Å². The van der Waals surface area contributed by atoms with Crippen molar-refractivity contribution in [2.75, 3.05) is 0 Å². The minimum atomic E-state index is -1.66. The molecule has 0 radical (unpaired) electrons. The standard InChI is InChI=1S/C14H20GeO/c1-12(10-11-15(2,3)4)14(16)13-8-6-5-7-9-13/h5-12H,1-4H3/b11-10+. The summed E-state index contributed by atoms with van der Waals surface area (Å²) in [5.74, 6) is 7.15. The van der Waals surface area contributed by atoms with Crippen molar-refractivity contribution in [1.82, 2.24) is 0 Å². The van der Waals surface area contributed by atoms with Crippen LogP contribution in [-0.2, 0) is 0 Å². The monoisotopic (exact) mass is 278 g/mol. The average Bonchev–Trinajstić information content (AvgIpc) is 2.25. The van der Waals surface area contributed by atoms with Crippen molar-refractivity contribution in [1.29, 1.82) is 0 Å². The summed E-state index contributed by atoms with van der Waals surface area (Å²) in [6, 6.07) is 9.51. The fourth-order valence-corrected chi connectivity index (χ4v) is 3.20. The number of carbonyl (C=O) groups is 1. The Balaban J connectivity index is 2.73. The quantitative estimate of drug-likeness (QED) is 0.601. The summed E-state index contributed by atoms with van der Waals surface area (Å²) in [5.41, 5.74) is 0.807. The van der Waals surface area contributed by atoms with Gasteiger partial charge in [0.15, 0.2) is 0 Å². The van der Waals surface area contributed by atoms with E-state index in [1.807, 2.05) is 37.3 Å². The van der Waals surface area contributed by atoms with Crippen LogP contribution in [0.3, 0.4) is 0 Å². The Labute approximate surface area is 101 Å². The van der Waals surface area contributed by atoms with Crippen LogP contribution in [-0.4, -0.2) is 19.0 Å². The molecule has 1 unspecified atom stereocenters. The Hall–Kier alpha value is -0.827. The van der Waals surface area contributed by atoms with E-state index in [1.165, 1.54) is 0 Å². The number of rotatable bonds is 4. The van der Waals surface area contributed by atoms with Crippen molar-refractivity contribution in [3.8, 4) is 0 Å². The third-order valence-corrected chi connectivity index (χ3v) is 4.86. The summed E-state index contributed by atoms with van der Waals surface area (Å²) in [5, 5.41) is 0. The summed E-state index contributed by atoms with van der Waals surface area (Å²) in [6.45, 7) is 1.97. The molecule has 0 saturated heterocycles. The second kappa shape index (κ2) is 5.49. The first-order valence-corrected chi connectivity index (χ1v) is 13.2. The average molecular weight is 277 g/mol. The maximum atomic E-state index is 12.0. The van der Waals surface area contributed by atoms with E-state index in [1.54, 1.807) is 0 Å². The third-order valence-electron chi connectivity index (χ3n) is 2.36. The zero-order chi connectivity index (χ0) is 12.2. The Morgan fingerprint density at radius 3 is 2.25 bits per heavy atom. The van der Waals surface area contributed by atoms with Gasteiger partial charge in [0.05, 0.1) is 0 Å². The van der Waals surface area contributed by atoms with Crippen LogP contribution in [0.1, 0.15) is 17.3 Å². The molecule has 2 heteroatoms. The zero-order valence-corrected chi connectivity index (χ0v) is 12.6. The number of hydrogen-bond acceptors (Lipinski definition) is 1. The molecular formula is C14H20GeO. The molecule has 0 fully saturated rings. The van der Waals surface area contributed by atoms with Gasteiger partial charge in [0.25, 0.3) is 0 Å². The number of benzene rings is 1. The minimum absolute atomic E-state index is 0.00718. The third kappa shape index (κ3) is 4.35. The molecule has 0 saturated carbocycles. The summed E-state index contributed by atoms with van der Waals surface area (Å²) in [4.78, 5) is 14.3. The molecule has 0 aromatic heterocycles. The number of hydrogen-bond donors (Lipinski definition) is 0. The predicted octanol–water partition coefficient (Wildman–Crippen LogP) is 3.94. The molecular weight excluding hydrogens is 257 g/mol. The van der Waals surface area contributed by atoms with E-state index in [0.717, 1.165) is 5.56 Å². The zero-order valence-electron chi connectivity index (χ0n) is 10.5. The van der Waals surface area contributed by atoms with Gasteiger partial charge in [0.1, 0.15) is 0 Å². The van der Waals surface area contributed by atoms with Gasteiger partial charge in [-0.25, -0.2) is 0 Å². The molecule has 16 heavy (non-hydrogen) atoms. The summed E-state index contributed by atoms with van der Waals surface area (Å²) in [6.07, 6.45) is 2.08. The molecule has 0 aliphatic heterocycles. The van der Waals surface area contributed by atoms with Crippen LogP contribution in [0.25, 0.3) is 0 Å². The predicted molar refractivity (Wildman–Crippen MR) is 72.4 cm³/mol. The van der Waals surface area contributed by atoms with E-state index in [2.05, 4.69) is 28.3 Å². The second-order valence-corrected chi connectivity index (χ2v) is 15.9. The van der Waals surface area contributed by atoms with Crippen molar-refractivity contribution < 1.29 is 4.79 Å². The Bertz CT molecular complexity index is 373. The van der Waals surface area contributed by atoms with Crippen molar-refractivity contribution >= 4 is 19.0 Å². The van der Waals surface area contributed by atoms with E-state index >= 15 is 0 Å². The molecule has 86 valence electrons. The summed E-state index contributed by atoms with van der Waals surface area (Å²) >= 11 is -1.66. The van der Waals surface area contributed by atoms with E-state index < -0.39 is 13.3 Å². The van der Waals surface area contributed by atoms with Gasteiger partial charge in [0.2, 0.25) is 0 Å². The van der Waals surface area contributed by atoms with Crippen LogP contribution in [0.4, 0.5) is 0 Å². The molecule has 1 atom stereocenters. The first kappa shape index (κ1) is 13.2. The second-order valence-electron chi connectivity index (χ2n) is 5.24. The van der Waals surface area contributed by atoms with Gasteiger partial charge in [-0.3, -0.25) is 0 Å². The van der Waals surface area contributed by atoms with Crippen molar-refractivity contribution in [2.24, 2.45) is 5.92 Å². The maximum absolute atomic E-state index is 12.0. The first-order valence-electron chi connectivity index (χ1n) is 5.69. The van der Waals surface area contributed by atoms with Gasteiger partial charge in [-0.1, -0.05) is 0 Å². The normalized spacial score (nSPS) is 14.0. The first-order chi connectivity index (χ1) is 7.40.